The van der Waals surface area contributed by atoms with Crippen LogP contribution in [0.25, 0.3) is 0 Å². The molecule has 1 saturated heterocycles. The highest BCUT2D eigenvalue weighted by Crippen LogP contribution is 2.06. The topological polar surface area (TPSA) is 58.6 Å². The summed E-state index contributed by atoms with van der Waals surface area (Å²) >= 11 is 0. The highest BCUT2D eigenvalue weighted by molar-refractivity contribution is 5.76. The molecule has 0 saturated carbocycles. The lowest BCUT2D eigenvalue weighted by Gasteiger charge is -2.29. The van der Waals surface area contributed by atoms with Crippen molar-refractivity contribution >= 4 is 5.78 Å². The van der Waals surface area contributed by atoms with Crippen LogP contribution < -0.4 is 5.32 Å². The molecule has 1 rings (SSSR count). The quantitative estimate of drug-likeness (QED) is 0.593. The summed E-state index contributed by atoms with van der Waals surface area (Å²) in [4.78, 5) is 10.7. The maximum atomic E-state index is 10.7. The molecule has 0 unspecified atom stereocenters. The van der Waals surface area contributed by atoms with Crippen molar-refractivity contribution in [2.75, 3.05) is 19.7 Å². The number of ketones is 1. The van der Waals surface area contributed by atoms with Crippen LogP contribution in [-0.4, -0.2) is 42.8 Å². The Morgan fingerprint density at radius 1 is 1.58 bits per heavy atom. The molecule has 0 radical (unpaired) electrons. The van der Waals surface area contributed by atoms with Gasteiger partial charge in [-0.3, -0.25) is 4.79 Å². The monoisotopic (exact) mass is 173 g/mol. The molecule has 1 heterocycles. The lowest BCUT2D eigenvalue weighted by molar-refractivity contribution is -0.123. The van der Waals surface area contributed by atoms with E-state index in [1.807, 2.05) is 0 Å². The van der Waals surface area contributed by atoms with Crippen LogP contribution in [0.15, 0.2) is 0 Å². The van der Waals surface area contributed by atoms with E-state index in [1.54, 1.807) is 6.92 Å². The lowest BCUT2D eigenvalue weighted by atomic mass is 10.1. The highest BCUT2D eigenvalue weighted by atomic mass is 16.5. The van der Waals surface area contributed by atoms with Crippen LogP contribution in [0.1, 0.15) is 13.3 Å². The third-order valence-electron chi connectivity index (χ3n) is 1.85. The number of nitrogens with one attached hydrogen (secondary N) is 1. The first-order valence-electron chi connectivity index (χ1n) is 4.19. The summed E-state index contributed by atoms with van der Waals surface area (Å²) in [6, 6.07) is 0. The molecule has 0 amide bonds. The van der Waals surface area contributed by atoms with Gasteiger partial charge in [0.1, 0.15) is 5.78 Å². The van der Waals surface area contributed by atoms with Gasteiger partial charge < -0.3 is 15.2 Å². The first-order chi connectivity index (χ1) is 5.72. The van der Waals surface area contributed by atoms with Gasteiger partial charge in [-0.15, -0.1) is 0 Å². The van der Waals surface area contributed by atoms with Crippen LogP contribution in [0.2, 0.25) is 0 Å². The maximum Gasteiger partial charge on any atom is 0.132 e. The second kappa shape index (κ2) is 4.54. The number of hydrogen-bond acceptors (Lipinski definition) is 4. The Hall–Kier alpha value is -0.450. The van der Waals surface area contributed by atoms with E-state index in [0.717, 1.165) is 0 Å². The molecule has 2 N–H and O–H groups in total. The van der Waals surface area contributed by atoms with Crippen molar-refractivity contribution < 1.29 is 14.6 Å². The molecule has 0 aromatic rings. The minimum atomic E-state index is -0.150. The largest absolute Gasteiger partial charge is 0.394 e. The molecule has 70 valence electrons. The zero-order valence-electron chi connectivity index (χ0n) is 7.25. The van der Waals surface area contributed by atoms with Crippen LogP contribution in [0, 0.1) is 0 Å². The maximum absolute atomic E-state index is 10.7. The third-order valence-corrected chi connectivity index (χ3v) is 1.85. The Morgan fingerprint density at radius 2 is 2.25 bits per heavy atom. The zero-order valence-corrected chi connectivity index (χ0v) is 7.25. The van der Waals surface area contributed by atoms with Crippen molar-refractivity contribution in [3.63, 3.8) is 0 Å². The van der Waals surface area contributed by atoms with E-state index in [9.17, 15) is 4.79 Å². The van der Waals surface area contributed by atoms with E-state index in [4.69, 9.17) is 9.84 Å². The molecule has 2 atom stereocenters. The Labute approximate surface area is 71.9 Å². The molecule has 1 aliphatic heterocycles. The molecule has 0 aliphatic carbocycles. The summed E-state index contributed by atoms with van der Waals surface area (Å²) in [7, 11) is 0. The average molecular weight is 173 g/mol. The number of rotatable bonds is 3. The zero-order chi connectivity index (χ0) is 8.97. The number of carbonyl (C=O) groups excluding carboxylic acids is 1. The molecule has 1 aliphatic rings. The molecule has 1 fully saturated rings. The van der Waals surface area contributed by atoms with Gasteiger partial charge >= 0.3 is 0 Å². The molecule has 12 heavy (non-hydrogen) atoms. The van der Waals surface area contributed by atoms with Gasteiger partial charge in [0, 0.05) is 19.5 Å². The Balaban J connectivity index is 2.30. The second-order valence-electron chi connectivity index (χ2n) is 3.13. The van der Waals surface area contributed by atoms with Gasteiger partial charge in [-0.25, -0.2) is 0 Å². The normalized spacial score (nSPS) is 30.2. The van der Waals surface area contributed by atoms with E-state index in [0.29, 0.717) is 19.5 Å². The fraction of sp³-hybridized carbons (Fsp3) is 0.875. The minimum Gasteiger partial charge on any atom is -0.394 e. The fourth-order valence-electron chi connectivity index (χ4n) is 1.32. The van der Waals surface area contributed by atoms with Gasteiger partial charge in [0.15, 0.2) is 0 Å². The van der Waals surface area contributed by atoms with Gasteiger partial charge in [0.2, 0.25) is 0 Å². The molecule has 0 aromatic carbocycles. The van der Waals surface area contributed by atoms with Crippen LogP contribution in [0.5, 0.6) is 0 Å². The van der Waals surface area contributed by atoms with Gasteiger partial charge in [-0.05, 0) is 6.92 Å². The van der Waals surface area contributed by atoms with Crippen molar-refractivity contribution in [3.05, 3.63) is 0 Å². The molecule has 4 nitrogen and oxygen atoms in total. The first kappa shape index (κ1) is 9.64. The van der Waals surface area contributed by atoms with Crippen LogP contribution in [0.3, 0.4) is 0 Å². The first-order valence-corrected chi connectivity index (χ1v) is 4.19. The molecule has 0 bridgehead atoms. The number of aliphatic hydroxyl groups is 1. The van der Waals surface area contributed by atoms with Crippen molar-refractivity contribution in [2.45, 2.75) is 25.6 Å². The Bertz CT molecular complexity index is 160. The number of aliphatic hydroxyl groups excluding tert-OH is 1. The van der Waals surface area contributed by atoms with Crippen molar-refractivity contribution in [3.8, 4) is 0 Å². The van der Waals surface area contributed by atoms with Crippen LogP contribution in [0.4, 0.5) is 0 Å². The van der Waals surface area contributed by atoms with E-state index < -0.39 is 0 Å². The predicted octanol–water partition coefficient (Wildman–Crippen LogP) is -0.685. The van der Waals surface area contributed by atoms with E-state index >= 15 is 0 Å². The number of Topliss-reactive ketones (excluding diaryl/α,β-unsaturated/α-hetero) is 1. The number of hydrogen-bond donors (Lipinski definition) is 2. The van der Waals surface area contributed by atoms with Gasteiger partial charge in [0.25, 0.3) is 0 Å². The van der Waals surface area contributed by atoms with Crippen molar-refractivity contribution in [1.82, 2.24) is 5.32 Å². The number of ether oxygens (including phenoxy) is 1. The SMILES string of the molecule is CC(=O)C[C@@H]1CNC[C@H](CO)O1. The molecule has 4 heteroatoms. The molecular weight excluding hydrogens is 158 g/mol. The number of morpholine rings is 1. The fourth-order valence-corrected chi connectivity index (χ4v) is 1.32. The minimum absolute atomic E-state index is 0.0153. The Kier molecular flexibility index (Phi) is 3.65. The standard InChI is InChI=1S/C8H15NO3/c1-6(11)2-7-3-9-4-8(5-10)12-7/h7-10H,2-5H2,1H3/t7-,8-/m1/s1. The van der Waals surface area contributed by atoms with E-state index in [-0.39, 0.29) is 24.6 Å². The van der Waals surface area contributed by atoms with E-state index in [2.05, 4.69) is 5.32 Å². The van der Waals surface area contributed by atoms with E-state index in [1.165, 1.54) is 0 Å². The summed E-state index contributed by atoms with van der Waals surface area (Å²) in [5.74, 6) is 0.125. The van der Waals surface area contributed by atoms with Crippen molar-refractivity contribution in [2.24, 2.45) is 0 Å². The third kappa shape index (κ3) is 2.89. The lowest BCUT2D eigenvalue weighted by Crippen LogP contribution is -2.46. The average Bonchev–Trinajstić information content (AvgIpc) is 2.03. The summed E-state index contributed by atoms with van der Waals surface area (Å²) in [5, 5.41) is 11.9. The Morgan fingerprint density at radius 3 is 2.83 bits per heavy atom. The van der Waals surface area contributed by atoms with Gasteiger partial charge in [0.05, 0.1) is 18.8 Å². The second-order valence-corrected chi connectivity index (χ2v) is 3.13. The summed E-state index contributed by atoms with van der Waals surface area (Å²) in [5.41, 5.74) is 0. The highest BCUT2D eigenvalue weighted by Gasteiger charge is 2.21. The molecule has 0 spiro atoms. The summed E-state index contributed by atoms with van der Waals surface area (Å²) < 4.78 is 5.41. The van der Waals surface area contributed by atoms with Crippen molar-refractivity contribution in [1.29, 1.82) is 0 Å². The summed E-state index contributed by atoms with van der Waals surface area (Å²) in [6.07, 6.45) is 0.222. The smallest absolute Gasteiger partial charge is 0.132 e. The van der Waals surface area contributed by atoms with Gasteiger partial charge in [-0.1, -0.05) is 0 Å². The molecular formula is C8H15NO3. The predicted molar refractivity (Wildman–Crippen MR) is 43.9 cm³/mol. The number of carbonyl (C=O) groups is 1. The van der Waals surface area contributed by atoms with Crippen LogP contribution in [-0.2, 0) is 9.53 Å². The van der Waals surface area contributed by atoms with Crippen LogP contribution >= 0.6 is 0 Å². The van der Waals surface area contributed by atoms with Gasteiger partial charge in [-0.2, -0.15) is 0 Å². The molecule has 0 aromatic heterocycles. The summed E-state index contributed by atoms with van der Waals surface area (Å²) in [6.45, 7) is 2.94.